The van der Waals surface area contributed by atoms with Gasteiger partial charge in [-0.1, -0.05) is 0 Å². The molecule has 0 unspecified atom stereocenters. The number of aromatic nitrogens is 2. The maximum atomic E-state index is 12.3. The summed E-state index contributed by atoms with van der Waals surface area (Å²) >= 11 is 0. The van der Waals surface area contributed by atoms with E-state index in [1.54, 1.807) is 4.90 Å². The van der Waals surface area contributed by atoms with Crippen LogP contribution in [0.5, 0.6) is 0 Å². The highest BCUT2D eigenvalue weighted by atomic mass is 16.6. The lowest BCUT2D eigenvalue weighted by atomic mass is 10.1. The van der Waals surface area contributed by atoms with Gasteiger partial charge in [-0.3, -0.25) is 9.48 Å². The van der Waals surface area contributed by atoms with Crippen LogP contribution in [0.3, 0.4) is 0 Å². The van der Waals surface area contributed by atoms with Gasteiger partial charge >= 0.3 is 6.09 Å². The summed E-state index contributed by atoms with van der Waals surface area (Å²) in [5.74, 6) is -0.120. The zero-order valence-corrected chi connectivity index (χ0v) is 13.3. The molecule has 3 rings (SSSR count). The summed E-state index contributed by atoms with van der Waals surface area (Å²) in [6.07, 6.45) is 1.25. The predicted molar refractivity (Wildman–Crippen MR) is 79.5 cm³/mol. The second kappa shape index (κ2) is 5.30. The summed E-state index contributed by atoms with van der Waals surface area (Å²) in [5.41, 5.74) is 1.93. The van der Waals surface area contributed by atoms with Crippen LogP contribution in [0.4, 0.5) is 4.79 Å². The van der Waals surface area contributed by atoms with Crippen molar-refractivity contribution in [1.82, 2.24) is 20.0 Å². The molecule has 0 saturated carbocycles. The average molecular weight is 306 g/mol. The van der Waals surface area contributed by atoms with E-state index in [1.165, 1.54) is 0 Å². The number of amides is 2. The van der Waals surface area contributed by atoms with Crippen LogP contribution in [0.2, 0.25) is 0 Å². The number of nitrogens with zero attached hydrogens (tertiary/aromatic N) is 3. The molecule has 22 heavy (non-hydrogen) atoms. The van der Waals surface area contributed by atoms with Gasteiger partial charge in [0.25, 0.3) is 5.91 Å². The Hall–Kier alpha value is -2.05. The zero-order chi connectivity index (χ0) is 15.9. The summed E-state index contributed by atoms with van der Waals surface area (Å²) in [7, 11) is 0. The van der Waals surface area contributed by atoms with Crippen molar-refractivity contribution in [3.05, 3.63) is 17.0 Å². The molecule has 7 nitrogen and oxygen atoms in total. The lowest BCUT2D eigenvalue weighted by Crippen LogP contribution is -2.37. The minimum absolute atomic E-state index is 0.120. The molecule has 0 aliphatic carbocycles. The van der Waals surface area contributed by atoms with Crippen molar-refractivity contribution in [2.75, 3.05) is 13.1 Å². The number of carbonyl (C=O) groups excluding carboxylic acids is 2. The summed E-state index contributed by atoms with van der Waals surface area (Å²) < 4.78 is 7.34. The number of nitrogens with one attached hydrogen (secondary N) is 1. The number of aryl methyl sites for hydroxylation is 1. The number of hydrogen-bond donors (Lipinski definition) is 1. The van der Waals surface area contributed by atoms with E-state index in [0.717, 1.165) is 30.6 Å². The molecule has 2 amide bonds. The maximum Gasteiger partial charge on any atom is 0.410 e. The van der Waals surface area contributed by atoms with Crippen LogP contribution >= 0.6 is 0 Å². The van der Waals surface area contributed by atoms with Crippen LogP contribution in [0.15, 0.2) is 0 Å². The second-order valence-electron chi connectivity index (χ2n) is 6.76. The van der Waals surface area contributed by atoms with Gasteiger partial charge in [-0.05, 0) is 33.6 Å². The van der Waals surface area contributed by atoms with Gasteiger partial charge in [0.1, 0.15) is 5.60 Å². The predicted octanol–water partition coefficient (Wildman–Crippen LogP) is 1.31. The number of rotatable bonds is 0. The first-order chi connectivity index (χ1) is 10.3. The van der Waals surface area contributed by atoms with Gasteiger partial charge in [0.05, 0.1) is 12.2 Å². The van der Waals surface area contributed by atoms with Crippen LogP contribution in [-0.2, 0) is 24.2 Å². The summed E-state index contributed by atoms with van der Waals surface area (Å²) in [4.78, 5) is 25.9. The molecule has 0 aromatic carbocycles. The SMILES string of the molecule is CC(C)(C)OC(=O)N1CCCn2nc3c(c2C1)CCNC3=O. The monoisotopic (exact) mass is 306 g/mol. The van der Waals surface area contributed by atoms with E-state index < -0.39 is 5.60 Å². The lowest BCUT2D eigenvalue weighted by molar-refractivity contribution is 0.0236. The molecule has 3 heterocycles. The summed E-state index contributed by atoms with van der Waals surface area (Å²) in [6.45, 7) is 8.01. The molecule has 0 radical (unpaired) electrons. The molecule has 0 saturated heterocycles. The third kappa shape index (κ3) is 2.80. The van der Waals surface area contributed by atoms with Crippen molar-refractivity contribution >= 4 is 12.0 Å². The van der Waals surface area contributed by atoms with Crippen LogP contribution in [0, 0.1) is 0 Å². The molecule has 1 aromatic rings. The minimum atomic E-state index is -0.511. The Morgan fingerprint density at radius 1 is 1.32 bits per heavy atom. The van der Waals surface area contributed by atoms with E-state index in [4.69, 9.17) is 4.74 Å². The fourth-order valence-electron chi connectivity index (χ4n) is 2.88. The molecule has 0 spiro atoms. The maximum absolute atomic E-state index is 12.3. The standard InChI is InChI=1S/C15H22N4O3/c1-15(2,3)22-14(21)18-7-4-8-19-11(9-18)10-5-6-16-13(20)12(10)17-19/h4-9H2,1-3H3,(H,16,20). The first kappa shape index (κ1) is 14.9. The Kier molecular flexibility index (Phi) is 3.58. The van der Waals surface area contributed by atoms with Crippen molar-refractivity contribution in [1.29, 1.82) is 0 Å². The average Bonchev–Trinajstić information content (AvgIpc) is 2.63. The van der Waals surface area contributed by atoms with Crippen LogP contribution in [-0.4, -0.2) is 45.4 Å². The molecular weight excluding hydrogens is 284 g/mol. The minimum Gasteiger partial charge on any atom is -0.444 e. The van der Waals surface area contributed by atoms with Crippen molar-refractivity contribution in [3.63, 3.8) is 0 Å². The summed E-state index contributed by atoms with van der Waals surface area (Å²) in [5, 5.41) is 7.23. The highest BCUT2D eigenvalue weighted by Crippen LogP contribution is 2.23. The van der Waals surface area contributed by atoms with Crippen LogP contribution in [0.25, 0.3) is 0 Å². The van der Waals surface area contributed by atoms with Crippen LogP contribution < -0.4 is 5.32 Å². The Morgan fingerprint density at radius 3 is 2.82 bits per heavy atom. The highest BCUT2D eigenvalue weighted by Gasteiger charge is 2.31. The smallest absolute Gasteiger partial charge is 0.410 e. The molecule has 0 bridgehead atoms. The van der Waals surface area contributed by atoms with E-state index in [2.05, 4.69) is 10.4 Å². The molecule has 7 heteroatoms. The fourth-order valence-corrected chi connectivity index (χ4v) is 2.88. The largest absolute Gasteiger partial charge is 0.444 e. The van der Waals surface area contributed by atoms with Gasteiger partial charge < -0.3 is 15.0 Å². The molecule has 2 aliphatic rings. The van der Waals surface area contributed by atoms with Gasteiger partial charge in [-0.2, -0.15) is 5.10 Å². The van der Waals surface area contributed by atoms with E-state index >= 15 is 0 Å². The first-order valence-corrected chi connectivity index (χ1v) is 7.70. The van der Waals surface area contributed by atoms with Crippen molar-refractivity contribution < 1.29 is 14.3 Å². The zero-order valence-electron chi connectivity index (χ0n) is 13.3. The molecule has 1 N–H and O–H groups in total. The van der Waals surface area contributed by atoms with Crippen LogP contribution in [0.1, 0.15) is 48.9 Å². The molecule has 2 aliphatic heterocycles. The third-order valence-corrected chi connectivity index (χ3v) is 3.83. The van der Waals surface area contributed by atoms with E-state index in [1.807, 2.05) is 25.5 Å². The molecular formula is C15H22N4O3. The van der Waals surface area contributed by atoms with Crippen molar-refractivity contribution in [2.24, 2.45) is 0 Å². The summed E-state index contributed by atoms with van der Waals surface area (Å²) in [6, 6.07) is 0. The van der Waals surface area contributed by atoms with Gasteiger partial charge in [-0.25, -0.2) is 4.79 Å². The molecule has 120 valence electrons. The third-order valence-electron chi connectivity index (χ3n) is 3.83. The number of fused-ring (bicyclic) bond motifs is 3. The lowest BCUT2D eigenvalue weighted by Gasteiger charge is -2.26. The number of ether oxygens (including phenoxy) is 1. The first-order valence-electron chi connectivity index (χ1n) is 7.70. The topological polar surface area (TPSA) is 76.5 Å². The molecule has 0 fully saturated rings. The quantitative estimate of drug-likeness (QED) is 0.784. The van der Waals surface area contributed by atoms with Gasteiger partial charge in [0.15, 0.2) is 5.69 Å². The Labute approximate surface area is 129 Å². The van der Waals surface area contributed by atoms with Gasteiger partial charge in [0, 0.05) is 25.2 Å². The van der Waals surface area contributed by atoms with Gasteiger partial charge in [0.2, 0.25) is 0 Å². The van der Waals surface area contributed by atoms with E-state index in [0.29, 0.717) is 25.3 Å². The second-order valence-corrected chi connectivity index (χ2v) is 6.76. The van der Waals surface area contributed by atoms with Gasteiger partial charge in [-0.15, -0.1) is 0 Å². The van der Waals surface area contributed by atoms with Crippen molar-refractivity contribution in [3.8, 4) is 0 Å². The Bertz CT molecular complexity index is 615. The molecule has 0 atom stereocenters. The normalized spacial score (nSPS) is 18.1. The fraction of sp³-hybridized carbons (Fsp3) is 0.667. The number of carbonyl (C=O) groups is 2. The van der Waals surface area contributed by atoms with E-state index in [9.17, 15) is 9.59 Å². The van der Waals surface area contributed by atoms with E-state index in [-0.39, 0.29) is 12.0 Å². The Morgan fingerprint density at radius 2 is 2.09 bits per heavy atom. The highest BCUT2D eigenvalue weighted by molar-refractivity contribution is 5.95. The van der Waals surface area contributed by atoms with Crippen molar-refractivity contribution in [2.45, 2.75) is 52.3 Å². The molecule has 1 aromatic heterocycles. The number of hydrogen-bond acceptors (Lipinski definition) is 4. The Balaban J connectivity index is 1.86.